The maximum Gasteiger partial charge on any atom is 0.416 e. The highest BCUT2D eigenvalue weighted by Crippen LogP contribution is 2.42. The van der Waals surface area contributed by atoms with Gasteiger partial charge in [0, 0.05) is 16.3 Å². The van der Waals surface area contributed by atoms with Gasteiger partial charge >= 0.3 is 12.1 Å². The first kappa shape index (κ1) is 21.5. The molecule has 0 aromatic heterocycles. The highest BCUT2D eigenvalue weighted by atomic mass is 35.5. The third-order valence-electron chi connectivity index (χ3n) is 4.35. The number of anilines is 1. The Hall–Kier alpha value is -2.16. The van der Waals surface area contributed by atoms with Crippen LogP contribution in [-0.4, -0.2) is 23.7 Å². The average Bonchev–Trinajstić information content (AvgIpc) is 2.78. The molecule has 0 aliphatic carbocycles. The van der Waals surface area contributed by atoms with Gasteiger partial charge in [-0.15, -0.1) is 0 Å². The van der Waals surface area contributed by atoms with Crippen LogP contribution < -0.4 is 5.32 Å². The molecule has 3 rings (SSSR count). The van der Waals surface area contributed by atoms with Crippen molar-refractivity contribution in [3.63, 3.8) is 0 Å². The van der Waals surface area contributed by atoms with Crippen molar-refractivity contribution in [2.24, 2.45) is 0 Å². The zero-order chi connectivity index (χ0) is 21.2. The number of rotatable bonds is 4. The van der Waals surface area contributed by atoms with Crippen LogP contribution in [0.4, 0.5) is 18.9 Å². The van der Waals surface area contributed by atoms with Gasteiger partial charge in [0.05, 0.1) is 18.6 Å². The van der Waals surface area contributed by atoms with Crippen molar-refractivity contribution >= 4 is 40.5 Å². The Morgan fingerprint density at radius 3 is 2.66 bits per heavy atom. The van der Waals surface area contributed by atoms with Crippen LogP contribution in [0.5, 0.6) is 0 Å². The van der Waals surface area contributed by atoms with Crippen molar-refractivity contribution in [1.29, 1.82) is 0 Å². The number of esters is 1. The topological polar surface area (TPSA) is 47.6 Å². The Morgan fingerprint density at radius 1 is 1.24 bits per heavy atom. The van der Waals surface area contributed by atoms with E-state index in [-0.39, 0.29) is 23.6 Å². The summed E-state index contributed by atoms with van der Waals surface area (Å²) in [4.78, 5) is 12.1. The monoisotopic (exact) mass is 443 g/mol. The minimum absolute atomic E-state index is 0.0936. The summed E-state index contributed by atoms with van der Waals surface area (Å²) in [6.07, 6.45) is -6.93. The quantitative estimate of drug-likeness (QED) is 0.496. The number of carbonyl (C=O) groups is 1. The molecule has 0 amide bonds. The van der Waals surface area contributed by atoms with E-state index in [0.717, 1.165) is 6.07 Å². The van der Waals surface area contributed by atoms with Crippen LogP contribution in [0.25, 0.3) is 0 Å². The lowest BCUT2D eigenvalue weighted by Gasteiger charge is -2.25. The van der Waals surface area contributed by atoms with Crippen LogP contribution in [0.2, 0.25) is 5.02 Å². The lowest BCUT2D eigenvalue weighted by Crippen LogP contribution is -2.31. The third kappa shape index (κ3) is 4.88. The summed E-state index contributed by atoms with van der Waals surface area (Å²) in [5.74, 6) is -0.562. The number of hydrogen-bond donors (Lipinski definition) is 1. The SMILES string of the molecule is CCOC(=O)C[C@H]1O[C@H](c2ccccc2C(F)(F)F)c2cc(Cl)ccc2NC1=S. The first-order chi connectivity index (χ1) is 13.7. The van der Waals surface area contributed by atoms with Crippen LogP contribution in [0.15, 0.2) is 42.5 Å². The molecule has 154 valence electrons. The number of nitrogens with one attached hydrogen (secondary N) is 1. The van der Waals surface area contributed by atoms with Crippen LogP contribution in [-0.2, 0) is 20.4 Å². The van der Waals surface area contributed by atoms with E-state index in [0.29, 0.717) is 16.3 Å². The minimum Gasteiger partial charge on any atom is -0.466 e. The molecule has 9 heteroatoms. The number of alkyl halides is 3. The molecule has 0 saturated heterocycles. The second-order valence-corrected chi connectivity index (χ2v) is 7.20. The summed E-state index contributed by atoms with van der Waals surface area (Å²) in [5.41, 5.74) is -0.0712. The molecule has 0 spiro atoms. The van der Waals surface area contributed by atoms with Crippen LogP contribution >= 0.6 is 23.8 Å². The molecule has 4 nitrogen and oxygen atoms in total. The van der Waals surface area contributed by atoms with Gasteiger partial charge in [-0.3, -0.25) is 4.79 Å². The number of halogens is 4. The van der Waals surface area contributed by atoms with E-state index in [9.17, 15) is 18.0 Å². The summed E-state index contributed by atoms with van der Waals surface area (Å²) in [7, 11) is 0. The summed E-state index contributed by atoms with van der Waals surface area (Å²) in [6.45, 7) is 1.82. The van der Waals surface area contributed by atoms with Gasteiger partial charge in [0.2, 0.25) is 0 Å². The van der Waals surface area contributed by atoms with Gasteiger partial charge in [0.15, 0.2) is 0 Å². The largest absolute Gasteiger partial charge is 0.466 e. The van der Waals surface area contributed by atoms with Crippen LogP contribution in [0.3, 0.4) is 0 Å². The van der Waals surface area contributed by atoms with Gasteiger partial charge in [-0.2, -0.15) is 13.2 Å². The minimum atomic E-state index is -4.59. The Morgan fingerprint density at radius 2 is 1.97 bits per heavy atom. The summed E-state index contributed by atoms with van der Waals surface area (Å²) < 4.78 is 51.9. The molecule has 2 aromatic carbocycles. The first-order valence-electron chi connectivity index (χ1n) is 8.78. The van der Waals surface area contributed by atoms with Crippen molar-refractivity contribution in [3.05, 3.63) is 64.2 Å². The summed E-state index contributed by atoms with van der Waals surface area (Å²) in [5, 5.41) is 3.30. The van der Waals surface area contributed by atoms with E-state index in [4.69, 9.17) is 33.3 Å². The summed E-state index contributed by atoms with van der Waals surface area (Å²) in [6, 6.07) is 9.86. The Balaban J connectivity index is 2.11. The second-order valence-electron chi connectivity index (χ2n) is 6.32. The number of carbonyl (C=O) groups excluding carboxylic acids is 1. The average molecular weight is 444 g/mol. The molecule has 2 aromatic rings. The Bertz CT molecular complexity index is 935. The summed E-state index contributed by atoms with van der Waals surface area (Å²) >= 11 is 11.4. The van der Waals surface area contributed by atoms with Gasteiger partial charge < -0.3 is 14.8 Å². The maximum atomic E-state index is 13.6. The van der Waals surface area contributed by atoms with Crippen molar-refractivity contribution in [2.45, 2.75) is 31.7 Å². The lowest BCUT2D eigenvalue weighted by atomic mass is 9.95. The second kappa shape index (κ2) is 8.69. The smallest absolute Gasteiger partial charge is 0.416 e. The van der Waals surface area contributed by atoms with E-state index in [2.05, 4.69) is 5.32 Å². The number of thiocarbonyl (C=S) groups is 1. The normalized spacial score (nSPS) is 19.1. The van der Waals surface area contributed by atoms with Gasteiger partial charge in [0.25, 0.3) is 0 Å². The predicted molar refractivity (Wildman–Crippen MR) is 107 cm³/mol. The Kier molecular flexibility index (Phi) is 6.45. The fourth-order valence-corrected chi connectivity index (χ4v) is 3.54. The third-order valence-corrected chi connectivity index (χ3v) is 4.95. The zero-order valence-corrected chi connectivity index (χ0v) is 16.8. The number of fused-ring (bicyclic) bond motifs is 1. The molecular weight excluding hydrogens is 427 g/mol. The molecule has 0 saturated carbocycles. The highest BCUT2D eigenvalue weighted by Gasteiger charge is 2.39. The van der Waals surface area contributed by atoms with Gasteiger partial charge in [-0.25, -0.2) is 0 Å². The molecule has 0 unspecified atom stereocenters. The highest BCUT2D eigenvalue weighted by molar-refractivity contribution is 7.80. The molecule has 29 heavy (non-hydrogen) atoms. The van der Waals surface area contributed by atoms with E-state index >= 15 is 0 Å². The standard InChI is InChI=1S/C20H17ClF3NO3S/c1-2-27-17(26)10-16-19(29)25-15-8-7-11(21)9-13(15)18(28-16)12-5-3-4-6-14(12)20(22,23)24/h3-9,16,18H,2,10H2,1H3,(H,25,29)/t16-,18-/m1/s1. The van der Waals surface area contributed by atoms with Gasteiger partial charge in [-0.05, 0) is 36.8 Å². The molecule has 1 N–H and O–H groups in total. The molecule has 0 radical (unpaired) electrons. The number of benzene rings is 2. The van der Waals surface area contributed by atoms with Crippen LogP contribution in [0, 0.1) is 0 Å². The molecule has 0 bridgehead atoms. The predicted octanol–water partition coefficient (Wildman–Crippen LogP) is 5.54. The van der Waals surface area contributed by atoms with E-state index < -0.39 is 29.9 Å². The molecule has 1 heterocycles. The van der Waals surface area contributed by atoms with E-state index in [1.54, 1.807) is 19.1 Å². The van der Waals surface area contributed by atoms with E-state index in [1.807, 2.05) is 0 Å². The molecule has 0 fully saturated rings. The van der Waals surface area contributed by atoms with Crippen molar-refractivity contribution in [3.8, 4) is 0 Å². The zero-order valence-electron chi connectivity index (χ0n) is 15.3. The van der Waals surface area contributed by atoms with Crippen molar-refractivity contribution in [1.82, 2.24) is 0 Å². The molecule has 1 aliphatic heterocycles. The first-order valence-corrected chi connectivity index (χ1v) is 9.56. The molecular formula is C20H17ClF3NO3S. The Labute approximate surface area is 175 Å². The van der Waals surface area contributed by atoms with Crippen molar-refractivity contribution < 1.29 is 27.4 Å². The maximum absolute atomic E-state index is 13.6. The lowest BCUT2D eigenvalue weighted by molar-refractivity contribution is -0.146. The van der Waals surface area contributed by atoms with Gasteiger partial charge in [0.1, 0.15) is 17.2 Å². The number of hydrogen-bond acceptors (Lipinski definition) is 4. The fourth-order valence-electron chi connectivity index (χ4n) is 3.11. The van der Waals surface area contributed by atoms with Crippen LogP contribution in [0.1, 0.15) is 36.1 Å². The fraction of sp³-hybridized carbons (Fsp3) is 0.300. The van der Waals surface area contributed by atoms with E-state index in [1.165, 1.54) is 24.3 Å². The molecule has 2 atom stereocenters. The van der Waals surface area contributed by atoms with Crippen molar-refractivity contribution in [2.75, 3.05) is 11.9 Å². The molecule has 1 aliphatic rings. The number of ether oxygens (including phenoxy) is 2. The van der Waals surface area contributed by atoms with Gasteiger partial charge in [-0.1, -0.05) is 42.0 Å².